The average molecular weight is 422 g/mol. The summed E-state index contributed by atoms with van der Waals surface area (Å²) in [7, 11) is 0. The number of ether oxygens (including phenoxy) is 1. The molecular weight excluding hydrogens is 401 g/mol. The molecule has 30 heavy (non-hydrogen) atoms. The average Bonchev–Trinajstić information content (AvgIpc) is 2.72. The highest BCUT2D eigenvalue weighted by molar-refractivity contribution is 5.92. The quantitative estimate of drug-likeness (QED) is 0.641. The van der Waals surface area contributed by atoms with E-state index < -0.39 is 36.0 Å². The monoisotopic (exact) mass is 422 g/mol. The van der Waals surface area contributed by atoms with E-state index in [9.17, 15) is 27.6 Å². The fourth-order valence-electron chi connectivity index (χ4n) is 2.53. The Morgan fingerprint density at radius 3 is 1.97 bits per heavy atom. The number of benzene rings is 2. The second-order valence-corrected chi connectivity index (χ2v) is 6.54. The lowest BCUT2D eigenvalue weighted by atomic mass is 10.0. The maximum atomic E-state index is 12.6. The summed E-state index contributed by atoms with van der Waals surface area (Å²) in [6.07, 6.45) is -5.32. The molecule has 6 nitrogen and oxygen atoms in total. The zero-order chi connectivity index (χ0) is 22.1. The van der Waals surface area contributed by atoms with Gasteiger partial charge in [0.15, 0.2) is 0 Å². The van der Waals surface area contributed by atoms with Gasteiger partial charge in [-0.05, 0) is 18.1 Å². The summed E-state index contributed by atoms with van der Waals surface area (Å²) < 4.78 is 43.0. The van der Waals surface area contributed by atoms with Gasteiger partial charge in [-0.3, -0.25) is 9.59 Å². The third-order valence-electron chi connectivity index (χ3n) is 4.10. The van der Waals surface area contributed by atoms with Crippen LogP contribution in [-0.4, -0.2) is 36.0 Å². The Morgan fingerprint density at radius 2 is 1.43 bits per heavy atom. The lowest BCUT2D eigenvalue weighted by molar-refractivity contribution is -0.174. The Morgan fingerprint density at radius 1 is 0.900 bits per heavy atom. The first-order valence-electron chi connectivity index (χ1n) is 9.09. The van der Waals surface area contributed by atoms with Gasteiger partial charge >= 0.3 is 18.1 Å². The number of carbonyl (C=O) groups is 3. The molecule has 0 saturated carbocycles. The summed E-state index contributed by atoms with van der Waals surface area (Å²) in [5.74, 6) is -3.92. The molecule has 2 N–H and O–H groups in total. The highest BCUT2D eigenvalue weighted by Gasteiger charge is 2.41. The van der Waals surface area contributed by atoms with Gasteiger partial charge in [0, 0.05) is 6.42 Å². The molecule has 0 aliphatic rings. The number of esters is 1. The number of hydrogen-bond acceptors (Lipinski definition) is 4. The molecular formula is C21H21F3N2O4. The van der Waals surface area contributed by atoms with Gasteiger partial charge in [0.05, 0.1) is 0 Å². The van der Waals surface area contributed by atoms with Crippen LogP contribution in [0.25, 0.3) is 0 Å². The molecule has 2 aromatic carbocycles. The van der Waals surface area contributed by atoms with Crippen molar-refractivity contribution in [3.63, 3.8) is 0 Å². The summed E-state index contributed by atoms with van der Waals surface area (Å²) in [4.78, 5) is 35.9. The Labute approximate surface area is 171 Å². The van der Waals surface area contributed by atoms with Gasteiger partial charge in [0.2, 0.25) is 5.91 Å². The predicted molar refractivity (Wildman–Crippen MR) is 102 cm³/mol. The molecule has 2 amide bonds. The van der Waals surface area contributed by atoms with E-state index in [1.807, 2.05) is 0 Å². The molecule has 160 valence electrons. The van der Waals surface area contributed by atoms with Gasteiger partial charge in [-0.25, -0.2) is 4.79 Å². The van der Waals surface area contributed by atoms with Gasteiger partial charge in [-0.1, -0.05) is 60.7 Å². The van der Waals surface area contributed by atoms with Crippen molar-refractivity contribution in [2.75, 3.05) is 0 Å². The number of nitrogens with one attached hydrogen (secondary N) is 2. The Balaban J connectivity index is 2.00. The SMILES string of the molecule is C[C@H](NC(=O)[C@H](Cc1ccccc1)NC(=O)C(F)(F)F)C(=O)OCc1ccccc1. The molecule has 9 heteroatoms. The van der Waals surface area contributed by atoms with E-state index in [0.29, 0.717) is 5.56 Å². The minimum absolute atomic E-state index is 0.0157. The smallest absolute Gasteiger partial charge is 0.459 e. The summed E-state index contributed by atoms with van der Waals surface area (Å²) in [5.41, 5.74) is 1.28. The van der Waals surface area contributed by atoms with Gasteiger partial charge in [0.25, 0.3) is 0 Å². The van der Waals surface area contributed by atoms with E-state index in [1.54, 1.807) is 66.0 Å². The fraction of sp³-hybridized carbons (Fsp3) is 0.286. The standard InChI is InChI=1S/C21H21F3N2O4/c1-14(19(28)30-13-16-10-6-3-7-11-16)25-18(27)17(26-20(29)21(22,23)24)12-15-8-4-2-5-9-15/h2-11,14,17H,12-13H2,1H3,(H,25,27)(H,26,29)/t14-,17-/m0/s1. The minimum Gasteiger partial charge on any atom is -0.459 e. The normalized spacial score (nSPS) is 13.1. The zero-order valence-corrected chi connectivity index (χ0v) is 16.1. The number of amides is 2. The molecule has 2 rings (SSSR count). The van der Waals surface area contributed by atoms with Crippen LogP contribution in [0.2, 0.25) is 0 Å². The summed E-state index contributed by atoms with van der Waals surface area (Å²) in [6, 6.07) is 14.4. The van der Waals surface area contributed by atoms with E-state index in [2.05, 4.69) is 5.32 Å². The molecule has 0 saturated heterocycles. The first-order valence-corrected chi connectivity index (χ1v) is 9.09. The van der Waals surface area contributed by atoms with Gasteiger partial charge in [0.1, 0.15) is 18.7 Å². The van der Waals surface area contributed by atoms with Crippen molar-refractivity contribution in [1.82, 2.24) is 10.6 Å². The Bertz CT molecular complexity index is 858. The van der Waals surface area contributed by atoms with Crippen molar-refractivity contribution in [2.45, 2.75) is 38.2 Å². The topological polar surface area (TPSA) is 84.5 Å². The Hall–Kier alpha value is -3.36. The lowest BCUT2D eigenvalue weighted by Gasteiger charge is -2.21. The maximum Gasteiger partial charge on any atom is 0.471 e. The fourth-order valence-corrected chi connectivity index (χ4v) is 2.53. The molecule has 0 heterocycles. The van der Waals surface area contributed by atoms with Crippen LogP contribution in [0.4, 0.5) is 13.2 Å². The predicted octanol–water partition coefficient (Wildman–Crippen LogP) is 2.52. The maximum absolute atomic E-state index is 12.6. The number of carbonyl (C=O) groups excluding carboxylic acids is 3. The molecule has 2 atom stereocenters. The van der Waals surface area contributed by atoms with E-state index >= 15 is 0 Å². The molecule has 0 aromatic heterocycles. The van der Waals surface area contributed by atoms with E-state index in [0.717, 1.165) is 5.56 Å². The summed E-state index contributed by atoms with van der Waals surface area (Å²) in [6.45, 7) is 1.33. The first kappa shape index (κ1) is 22.9. The Kier molecular flexibility index (Phi) is 7.97. The van der Waals surface area contributed by atoms with Gasteiger partial charge < -0.3 is 15.4 Å². The van der Waals surface area contributed by atoms with Crippen LogP contribution in [0.5, 0.6) is 0 Å². The molecule has 2 aromatic rings. The van der Waals surface area contributed by atoms with Crippen molar-refractivity contribution >= 4 is 17.8 Å². The van der Waals surface area contributed by atoms with Gasteiger partial charge in [-0.15, -0.1) is 0 Å². The second kappa shape index (κ2) is 10.4. The number of halogens is 3. The van der Waals surface area contributed by atoms with Crippen LogP contribution in [0.1, 0.15) is 18.1 Å². The summed E-state index contributed by atoms with van der Waals surface area (Å²) >= 11 is 0. The third kappa shape index (κ3) is 7.23. The largest absolute Gasteiger partial charge is 0.471 e. The van der Waals surface area contributed by atoms with Crippen molar-refractivity contribution in [3.8, 4) is 0 Å². The summed E-state index contributed by atoms with van der Waals surface area (Å²) in [5, 5.41) is 3.98. The van der Waals surface area contributed by atoms with Crippen LogP contribution >= 0.6 is 0 Å². The zero-order valence-electron chi connectivity index (χ0n) is 16.1. The second-order valence-electron chi connectivity index (χ2n) is 6.54. The van der Waals surface area contributed by atoms with Gasteiger partial charge in [-0.2, -0.15) is 13.2 Å². The lowest BCUT2D eigenvalue weighted by Crippen LogP contribution is -2.54. The van der Waals surface area contributed by atoms with Crippen molar-refractivity contribution in [2.24, 2.45) is 0 Å². The van der Waals surface area contributed by atoms with Crippen LogP contribution in [-0.2, 0) is 32.1 Å². The molecule has 0 spiro atoms. The number of rotatable bonds is 8. The van der Waals surface area contributed by atoms with Crippen LogP contribution in [0, 0.1) is 0 Å². The van der Waals surface area contributed by atoms with Crippen LogP contribution < -0.4 is 10.6 Å². The van der Waals surface area contributed by atoms with Crippen molar-refractivity contribution < 1.29 is 32.3 Å². The highest BCUT2D eigenvalue weighted by atomic mass is 19.4. The number of hydrogen-bond donors (Lipinski definition) is 2. The molecule has 0 unspecified atom stereocenters. The van der Waals surface area contributed by atoms with E-state index in [1.165, 1.54) is 6.92 Å². The highest BCUT2D eigenvalue weighted by Crippen LogP contribution is 2.15. The molecule has 0 bridgehead atoms. The number of alkyl halides is 3. The van der Waals surface area contributed by atoms with Crippen LogP contribution in [0.15, 0.2) is 60.7 Å². The third-order valence-corrected chi connectivity index (χ3v) is 4.10. The van der Waals surface area contributed by atoms with E-state index in [-0.39, 0.29) is 13.0 Å². The molecule has 0 aliphatic heterocycles. The molecule has 0 radical (unpaired) electrons. The van der Waals surface area contributed by atoms with Crippen LogP contribution in [0.3, 0.4) is 0 Å². The van der Waals surface area contributed by atoms with Crippen molar-refractivity contribution in [1.29, 1.82) is 0 Å². The van der Waals surface area contributed by atoms with Crippen molar-refractivity contribution in [3.05, 3.63) is 71.8 Å². The molecule has 0 fully saturated rings. The minimum atomic E-state index is -5.14. The van der Waals surface area contributed by atoms with E-state index in [4.69, 9.17) is 4.74 Å². The first-order chi connectivity index (χ1) is 14.2. The molecule has 0 aliphatic carbocycles.